The lowest BCUT2D eigenvalue weighted by Crippen LogP contribution is -2.58. The van der Waals surface area contributed by atoms with E-state index >= 15 is 0 Å². The van der Waals surface area contributed by atoms with Gasteiger partial charge in [0.25, 0.3) is 0 Å². The molecular weight excluding hydrogens is 306 g/mol. The minimum absolute atomic E-state index is 0.0689. The first-order valence-corrected chi connectivity index (χ1v) is 9.22. The van der Waals surface area contributed by atoms with Gasteiger partial charge in [-0.05, 0) is 40.2 Å². The van der Waals surface area contributed by atoms with Crippen LogP contribution in [0.4, 0.5) is 4.79 Å². The van der Waals surface area contributed by atoms with Gasteiger partial charge in [0.1, 0.15) is 6.04 Å². The van der Waals surface area contributed by atoms with Gasteiger partial charge in [0, 0.05) is 51.9 Å². The molecule has 2 aliphatic heterocycles. The van der Waals surface area contributed by atoms with Crippen molar-refractivity contribution >= 4 is 11.9 Å². The van der Waals surface area contributed by atoms with Crippen molar-refractivity contribution in [2.75, 3.05) is 52.9 Å². The van der Waals surface area contributed by atoms with Gasteiger partial charge in [-0.2, -0.15) is 0 Å². The number of carbonyl (C=O) groups excluding carboxylic acids is 2. The van der Waals surface area contributed by atoms with Gasteiger partial charge in [-0.1, -0.05) is 0 Å². The van der Waals surface area contributed by atoms with Crippen LogP contribution < -0.4 is 10.6 Å². The van der Waals surface area contributed by atoms with E-state index in [1.54, 1.807) is 0 Å². The highest BCUT2D eigenvalue weighted by atomic mass is 16.2. The maximum absolute atomic E-state index is 12.5. The van der Waals surface area contributed by atoms with E-state index in [1.165, 1.54) is 6.42 Å². The Balaban J connectivity index is 1.93. The van der Waals surface area contributed by atoms with Gasteiger partial charge in [-0.15, -0.1) is 0 Å². The van der Waals surface area contributed by atoms with Gasteiger partial charge in [0.15, 0.2) is 0 Å². The van der Waals surface area contributed by atoms with Crippen molar-refractivity contribution in [1.29, 1.82) is 0 Å². The summed E-state index contributed by atoms with van der Waals surface area (Å²) in [6.45, 7) is 9.90. The highest BCUT2D eigenvalue weighted by Crippen LogP contribution is 2.09. The molecule has 0 unspecified atom stereocenters. The van der Waals surface area contributed by atoms with Gasteiger partial charge in [0.2, 0.25) is 5.91 Å². The summed E-state index contributed by atoms with van der Waals surface area (Å²) < 4.78 is 0. The number of piperidine rings is 1. The van der Waals surface area contributed by atoms with Crippen LogP contribution >= 0.6 is 0 Å². The van der Waals surface area contributed by atoms with E-state index in [2.05, 4.69) is 27.5 Å². The van der Waals surface area contributed by atoms with E-state index in [9.17, 15) is 9.59 Å². The third-order valence-electron chi connectivity index (χ3n) is 4.73. The van der Waals surface area contributed by atoms with E-state index in [0.717, 1.165) is 52.1 Å². The van der Waals surface area contributed by atoms with Crippen molar-refractivity contribution in [2.45, 2.75) is 45.2 Å². The molecule has 0 radical (unpaired) electrons. The van der Waals surface area contributed by atoms with Gasteiger partial charge >= 0.3 is 6.03 Å². The second kappa shape index (κ2) is 9.22. The van der Waals surface area contributed by atoms with Crippen molar-refractivity contribution in [3.8, 4) is 0 Å². The molecule has 0 aromatic carbocycles. The third kappa shape index (κ3) is 5.94. The summed E-state index contributed by atoms with van der Waals surface area (Å²) in [7, 11) is 2.11. The zero-order chi connectivity index (χ0) is 17.5. The number of nitrogens with zero attached hydrogens (tertiary/aromatic N) is 3. The van der Waals surface area contributed by atoms with Gasteiger partial charge < -0.3 is 20.4 Å². The van der Waals surface area contributed by atoms with Crippen LogP contribution in [0.25, 0.3) is 0 Å². The molecule has 2 saturated heterocycles. The van der Waals surface area contributed by atoms with Crippen LogP contribution in [0.2, 0.25) is 0 Å². The van der Waals surface area contributed by atoms with Crippen molar-refractivity contribution in [2.24, 2.45) is 0 Å². The number of hydrogen-bond donors (Lipinski definition) is 2. The Morgan fingerprint density at radius 2 is 1.54 bits per heavy atom. The van der Waals surface area contributed by atoms with E-state index < -0.39 is 6.04 Å². The zero-order valence-electron chi connectivity index (χ0n) is 15.4. The molecule has 0 aromatic heterocycles. The number of urea groups is 1. The number of hydrogen-bond acceptors (Lipinski definition) is 4. The van der Waals surface area contributed by atoms with E-state index in [0.29, 0.717) is 6.54 Å². The maximum atomic E-state index is 12.5. The van der Waals surface area contributed by atoms with E-state index in [-0.39, 0.29) is 18.0 Å². The smallest absolute Gasteiger partial charge is 0.318 e. The van der Waals surface area contributed by atoms with Crippen LogP contribution in [0, 0.1) is 0 Å². The number of likely N-dealkylation sites (N-methyl/N-ethyl adjacent to an activating group) is 1. The minimum Gasteiger partial charge on any atom is -0.352 e. The molecular formula is C17H33N5O2. The highest BCUT2D eigenvalue weighted by molar-refractivity contribution is 5.87. The summed E-state index contributed by atoms with van der Waals surface area (Å²) in [5.41, 5.74) is 0. The summed E-state index contributed by atoms with van der Waals surface area (Å²) in [4.78, 5) is 31.4. The van der Waals surface area contributed by atoms with E-state index in [1.807, 2.05) is 18.7 Å². The Kier molecular flexibility index (Phi) is 7.30. The molecule has 24 heavy (non-hydrogen) atoms. The lowest BCUT2D eigenvalue weighted by Gasteiger charge is -2.35. The summed E-state index contributed by atoms with van der Waals surface area (Å²) in [6.07, 6.45) is 3.28. The molecule has 2 heterocycles. The summed E-state index contributed by atoms with van der Waals surface area (Å²) >= 11 is 0. The number of likely N-dealkylation sites (tertiary alicyclic amines) is 1. The number of rotatable bonds is 5. The minimum atomic E-state index is -0.495. The SMILES string of the molecule is CC(C)NC(=O)[C@H](CN1CCN(C)CC1)NC(=O)N1CCCCC1. The van der Waals surface area contributed by atoms with E-state index in [4.69, 9.17) is 0 Å². The fourth-order valence-corrected chi connectivity index (χ4v) is 3.21. The molecule has 138 valence electrons. The quantitative estimate of drug-likeness (QED) is 0.757. The van der Waals surface area contributed by atoms with Gasteiger partial charge in [-0.25, -0.2) is 4.79 Å². The standard InChI is InChI=1S/C17H33N5O2/c1-14(2)18-16(23)15(13-21-11-9-20(3)10-12-21)19-17(24)22-7-5-4-6-8-22/h14-15H,4-13H2,1-3H3,(H,18,23)(H,19,24)/t15-/m0/s1. The molecule has 0 saturated carbocycles. The molecule has 2 rings (SSSR count). The highest BCUT2D eigenvalue weighted by Gasteiger charge is 2.27. The zero-order valence-corrected chi connectivity index (χ0v) is 15.4. The Bertz CT molecular complexity index is 415. The fourth-order valence-electron chi connectivity index (χ4n) is 3.21. The largest absolute Gasteiger partial charge is 0.352 e. The predicted molar refractivity (Wildman–Crippen MR) is 95.0 cm³/mol. The van der Waals surface area contributed by atoms with Gasteiger partial charge in [-0.3, -0.25) is 9.69 Å². The lowest BCUT2D eigenvalue weighted by molar-refractivity contribution is -0.124. The van der Waals surface area contributed by atoms with Crippen LogP contribution in [0.1, 0.15) is 33.1 Å². The van der Waals surface area contributed by atoms with Crippen LogP contribution in [0.3, 0.4) is 0 Å². The summed E-state index contributed by atoms with van der Waals surface area (Å²) in [5.74, 6) is -0.0886. The first kappa shape index (κ1) is 19.0. The van der Waals surface area contributed by atoms with Crippen molar-refractivity contribution in [1.82, 2.24) is 25.3 Å². The van der Waals surface area contributed by atoms with Crippen LogP contribution in [0.15, 0.2) is 0 Å². The normalized spacial score (nSPS) is 21.6. The fraction of sp³-hybridized carbons (Fsp3) is 0.882. The molecule has 0 spiro atoms. The number of nitrogens with one attached hydrogen (secondary N) is 2. The second-order valence-corrected chi connectivity index (χ2v) is 7.32. The van der Waals surface area contributed by atoms with Crippen molar-refractivity contribution in [3.05, 3.63) is 0 Å². The molecule has 0 bridgehead atoms. The Hall–Kier alpha value is -1.34. The second-order valence-electron chi connectivity index (χ2n) is 7.32. The first-order valence-electron chi connectivity index (χ1n) is 9.22. The molecule has 7 heteroatoms. The predicted octanol–water partition coefficient (Wildman–Crippen LogP) is 0.323. The average molecular weight is 339 g/mol. The first-order chi connectivity index (χ1) is 11.5. The number of piperazine rings is 1. The molecule has 1 atom stereocenters. The van der Waals surface area contributed by atoms with Crippen molar-refractivity contribution in [3.63, 3.8) is 0 Å². The molecule has 2 N–H and O–H groups in total. The molecule has 0 aromatic rings. The van der Waals surface area contributed by atoms with Crippen LogP contribution in [-0.4, -0.2) is 91.6 Å². The lowest BCUT2D eigenvalue weighted by atomic mass is 10.1. The molecule has 2 fully saturated rings. The van der Waals surface area contributed by atoms with Crippen LogP contribution in [0.5, 0.6) is 0 Å². The summed E-state index contributed by atoms with van der Waals surface area (Å²) in [5, 5.41) is 5.91. The molecule has 7 nitrogen and oxygen atoms in total. The average Bonchev–Trinajstić information content (AvgIpc) is 2.56. The number of amides is 3. The Morgan fingerprint density at radius 3 is 2.12 bits per heavy atom. The van der Waals surface area contributed by atoms with Gasteiger partial charge in [0.05, 0.1) is 0 Å². The van der Waals surface area contributed by atoms with Crippen LogP contribution in [-0.2, 0) is 4.79 Å². The topological polar surface area (TPSA) is 67.9 Å². The Labute approximate surface area is 145 Å². The Morgan fingerprint density at radius 1 is 0.917 bits per heavy atom. The monoisotopic (exact) mass is 339 g/mol. The molecule has 2 aliphatic rings. The number of carbonyl (C=O) groups is 2. The molecule has 0 aliphatic carbocycles. The summed E-state index contributed by atoms with van der Waals surface area (Å²) in [6, 6.07) is -0.530. The third-order valence-corrected chi connectivity index (χ3v) is 4.73. The maximum Gasteiger partial charge on any atom is 0.318 e. The van der Waals surface area contributed by atoms with Crippen molar-refractivity contribution < 1.29 is 9.59 Å². The molecule has 3 amide bonds.